The van der Waals surface area contributed by atoms with Crippen LogP contribution in [0.4, 0.5) is 10.5 Å². The summed E-state index contributed by atoms with van der Waals surface area (Å²) < 4.78 is 4.89. The van der Waals surface area contributed by atoms with Gasteiger partial charge in [0.25, 0.3) is 0 Å². The first kappa shape index (κ1) is 13.1. The number of hydrogen-bond acceptors (Lipinski definition) is 2. The number of ether oxygens (including phenoxy) is 1. The molecule has 0 saturated carbocycles. The van der Waals surface area contributed by atoms with E-state index >= 15 is 0 Å². The van der Waals surface area contributed by atoms with Crippen molar-refractivity contribution in [3.63, 3.8) is 0 Å². The van der Waals surface area contributed by atoms with Gasteiger partial charge in [0.15, 0.2) is 0 Å². The normalized spacial score (nSPS) is 14.6. The number of benzene rings is 1. The Morgan fingerprint density at radius 2 is 2.00 bits per heavy atom. The van der Waals surface area contributed by atoms with Gasteiger partial charge in [-0.25, -0.2) is 4.79 Å². The van der Waals surface area contributed by atoms with E-state index in [2.05, 4.69) is 38.7 Å². The molecule has 0 saturated heterocycles. The van der Waals surface area contributed by atoms with E-state index in [1.165, 1.54) is 23.4 Å². The molecule has 1 aliphatic heterocycles. The van der Waals surface area contributed by atoms with Crippen LogP contribution in [0.15, 0.2) is 12.1 Å². The van der Waals surface area contributed by atoms with Crippen molar-refractivity contribution in [2.24, 2.45) is 0 Å². The summed E-state index contributed by atoms with van der Waals surface area (Å²) in [6.07, 6.45) is 0.695. The molecule has 0 atom stereocenters. The molecule has 1 heterocycles. The van der Waals surface area contributed by atoms with Crippen molar-refractivity contribution < 1.29 is 9.53 Å². The Bertz CT molecular complexity index is 491. The molecule has 1 aromatic carbocycles. The van der Waals surface area contributed by atoms with Crippen LogP contribution in [0.25, 0.3) is 0 Å². The van der Waals surface area contributed by atoms with Crippen molar-refractivity contribution in [1.29, 1.82) is 0 Å². The Morgan fingerprint density at radius 3 is 2.56 bits per heavy atom. The first-order valence-corrected chi connectivity index (χ1v) is 9.84. The van der Waals surface area contributed by atoms with Crippen molar-refractivity contribution in [1.82, 2.24) is 0 Å². The summed E-state index contributed by atoms with van der Waals surface area (Å²) in [5.74, 6) is 0. The first-order valence-electron chi connectivity index (χ1n) is 6.34. The molecule has 2 rings (SSSR count). The maximum absolute atomic E-state index is 11.9. The fourth-order valence-corrected chi connectivity index (χ4v) is 4.24. The molecule has 4 heteroatoms. The van der Waals surface area contributed by atoms with E-state index in [-0.39, 0.29) is 6.09 Å². The highest BCUT2D eigenvalue weighted by atomic mass is 28.3. The number of anilines is 1. The second-order valence-electron chi connectivity index (χ2n) is 5.94. The number of rotatable bonds is 1. The van der Waals surface area contributed by atoms with Gasteiger partial charge >= 0.3 is 6.09 Å². The highest BCUT2D eigenvalue weighted by Gasteiger charge is 2.32. The SMILES string of the molecule is COC(=O)N1CCc2cc(C)cc([Si](C)(C)C)c21. The van der Waals surface area contributed by atoms with Gasteiger partial charge in [0.2, 0.25) is 0 Å². The predicted molar refractivity (Wildman–Crippen MR) is 77.6 cm³/mol. The Balaban J connectivity index is 2.59. The molecule has 0 fully saturated rings. The smallest absolute Gasteiger partial charge is 0.414 e. The average molecular weight is 263 g/mol. The van der Waals surface area contributed by atoms with Gasteiger partial charge in [0.05, 0.1) is 15.2 Å². The molecule has 18 heavy (non-hydrogen) atoms. The summed E-state index contributed by atoms with van der Waals surface area (Å²) in [4.78, 5) is 13.7. The lowest BCUT2D eigenvalue weighted by Gasteiger charge is -2.26. The molecular formula is C14H21NO2Si. The van der Waals surface area contributed by atoms with Gasteiger partial charge in [-0.15, -0.1) is 0 Å². The van der Waals surface area contributed by atoms with Gasteiger partial charge in [0.1, 0.15) is 0 Å². The van der Waals surface area contributed by atoms with E-state index in [0.717, 1.165) is 18.7 Å². The van der Waals surface area contributed by atoms with E-state index in [9.17, 15) is 4.79 Å². The summed E-state index contributed by atoms with van der Waals surface area (Å²) in [6.45, 7) is 9.81. The average Bonchev–Trinajstić information content (AvgIpc) is 2.68. The quantitative estimate of drug-likeness (QED) is 0.729. The summed E-state index contributed by atoms with van der Waals surface area (Å²) in [5.41, 5.74) is 3.70. The van der Waals surface area contributed by atoms with Crippen molar-refractivity contribution >= 4 is 25.0 Å². The zero-order valence-corrected chi connectivity index (χ0v) is 12.8. The zero-order chi connectivity index (χ0) is 13.5. The molecule has 0 spiro atoms. The van der Waals surface area contributed by atoms with Crippen LogP contribution in [0.1, 0.15) is 11.1 Å². The molecule has 0 aromatic heterocycles. The highest BCUT2D eigenvalue weighted by molar-refractivity contribution is 6.89. The van der Waals surface area contributed by atoms with Crippen LogP contribution in [-0.2, 0) is 11.2 Å². The Hall–Kier alpha value is -1.29. The van der Waals surface area contributed by atoms with Crippen LogP contribution < -0.4 is 10.1 Å². The maximum atomic E-state index is 11.9. The monoisotopic (exact) mass is 263 g/mol. The van der Waals surface area contributed by atoms with Gasteiger partial charge in [-0.05, 0) is 24.1 Å². The third-order valence-electron chi connectivity index (χ3n) is 3.41. The molecule has 1 amide bonds. The van der Waals surface area contributed by atoms with E-state index in [1.807, 2.05) is 0 Å². The molecule has 0 N–H and O–H groups in total. The molecule has 3 nitrogen and oxygen atoms in total. The summed E-state index contributed by atoms with van der Waals surface area (Å²) in [7, 11) is -0.0244. The first-order chi connectivity index (χ1) is 8.34. The second kappa shape index (κ2) is 4.43. The van der Waals surface area contributed by atoms with E-state index in [0.29, 0.717) is 0 Å². The van der Waals surface area contributed by atoms with Crippen LogP contribution in [0.3, 0.4) is 0 Å². The Labute approximate surface area is 110 Å². The van der Waals surface area contributed by atoms with Crippen molar-refractivity contribution in [2.75, 3.05) is 18.6 Å². The van der Waals surface area contributed by atoms with Crippen LogP contribution >= 0.6 is 0 Å². The minimum Gasteiger partial charge on any atom is -0.452 e. The molecule has 98 valence electrons. The molecule has 0 unspecified atom stereocenters. The summed E-state index contributed by atoms with van der Waals surface area (Å²) in [6, 6.07) is 4.44. The number of carbonyl (C=O) groups excluding carboxylic acids is 1. The van der Waals surface area contributed by atoms with Crippen LogP contribution in [0.2, 0.25) is 19.6 Å². The zero-order valence-electron chi connectivity index (χ0n) is 11.8. The number of aryl methyl sites for hydroxylation is 1. The second-order valence-corrected chi connectivity index (χ2v) is 11.0. The molecule has 0 bridgehead atoms. The van der Waals surface area contributed by atoms with Crippen LogP contribution in [0.5, 0.6) is 0 Å². The lowest BCUT2D eigenvalue weighted by Crippen LogP contribution is -2.43. The Kier molecular flexibility index (Phi) is 3.23. The Morgan fingerprint density at radius 1 is 1.33 bits per heavy atom. The summed E-state index contributed by atoms with van der Waals surface area (Å²) >= 11 is 0. The summed E-state index contributed by atoms with van der Waals surface area (Å²) in [5, 5.41) is 1.36. The maximum Gasteiger partial charge on any atom is 0.414 e. The lowest BCUT2D eigenvalue weighted by atomic mass is 10.1. The standard InChI is InChI=1S/C14H21NO2Si/c1-10-8-11-6-7-15(14(16)17-2)13(11)12(9-10)18(3,4)5/h8-9H,6-7H2,1-5H3. The van der Waals surface area contributed by atoms with E-state index in [4.69, 9.17) is 4.74 Å². The third-order valence-corrected chi connectivity index (χ3v) is 5.41. The van der Waals surface area contributed by atoms with Crippen LogP contribution in [0, 0.1) is 6.92 Å². The number of amides is 1. The van der Waals surface area contributed by atoms with Gasteiger partial charge in [-0.3, -0.25) is 4.90 Å². The number of nitrogens with zero attached hydrogens (tertiary/aromatic N) is 1. The molecule has 0 aliphatic carbocycles. The molecule has 1 aromatic rings. The topological polar surface area (TPSA) is 29.5 Å². The van der Waals surface area contributed by atoms with Crippen molar-refractivity contribution in [2.45, 2.75) is 33.0 Å². The largest absolute Gasteiger partial charge is 0.452 e. The number of fused-ring (bicyclic) bond motifs is 1. The van der Waals surface area contributed by atoms with E-state index in [1.54, 1.807) is 4.90 Å². The fraction of sp³-hybridized carbons (Fsp3) is 0.500. The van der Waals surface area contributed by atoms with E-state index < -0.39 is 8.07 Å². The number of methoxy groups -OCH3 is 1. The predicted octanol–water partition coefficient (Wildman–Crippen LogP) is 2.67. The van der Waals surface area contributed by atoms with Gasteiger partial charge < -0.3 is 4.74 Å². The van der Waals surface area contributed by atoms with Crippen molar-refractivity contribution in [3.05, 3.63) is 23.3 Å². The van der Waals surface area contributed by atoms with Gasteiger partial charge in [0, 0.05) is 12.2 Å². The number of carbonyl (C=O) groups is 1. The minimum absolute atomic E-state index is 0.239. The number of hydrogen-bond donors (Lipinski definition) is 0. The third kappa shape index (κ3) is 2.17. The van der Waals surface area contributed by atoms with Crippen LogP contribution in [-0.4, -0.2) is 27.8 Å². The highest BCUT2D eigenvalue weighted by Crippen LogP contribution is 2.30. The lowest BCUT2D eigenvalue weighted by molar-refractivity contribution is 0.179. The molecule has 1 aliphatic rings. The van der Waals surface area contributed by atoms with Gasteiger partial charge in [-0.1, -0.05) is 37.3 Å². The minimum atomic E-state index is -1.47. The fourth-order valence-electron chi connectivity index (χ4n) is 2.57. The van der Waals surface area contributed by atoms with Gasteiger partial charge in [-0.2, -0.15) is 0 Å². The van der Waals surface area contributed by atoms with Crippen molar-refractivity contribution in [3.8, 4) is 0 Å². The molecule has 0 radical (unpaired) electrons. The molecular weight excluding hydrogens is 242 g/mol.